The molecule has 188 valence electrons. The highest BCUT2D eigenvalue weighted by molar-refractivity contribution is 5.50. The molecule has 1 heterocycles. The highest BCUT2D eigenvalue weighted by Gasteiger charge is 2.42. The fourth-order valence-corrected chi connectivity index (χ4v) is 5.02. The molecule has 4 aromatic rings. The van der Waals surface area contributed by atoms with Gasteiger partial charge in [0.15, 0.2) is 0 Å². The lowest BCUT2D eigenvalue weighted by Gasteiger charge is -2.46. The number of rotatable bonds is 12. The molecule has 0 amide bonds. The van der Waals surface area contributed by atoms with Gasteiger partial charge in [0.05, 0.1) is 25.6 Å². The van der Waals surface area contributed by atoms with Crippen LogP contribution in [0.25, 0.3) is 0 Å². The van der Waals surface area contributed by atoms with Crippen LogP contribution in [-0.2, 0) is 18.6 Å². The molecule has 1 atom stereocenters. The summed E-state index contributed by atoms with van der Waals surface area (Å²) in [4.78, 5) is 9.08. The SMILES string of the molecule is CCCCN(Cn1ccnc1)C(Cc1ccc(N(C)C)cc1)(c1ccccc1)c1ccccc1OC. The number of unbranched alkanes of at least 4 members (excludes halogenated alkanes) is 1. The number of methoxy groups -OCH3 is 1. The summed E-state index contributed by atoms with van der Waals surface area (Å²) in [5.41, 5.74) is 4.45. The van der Waals surface area contributed by atoms with E-state index in [4.69, 9.17) is 4.74 Å². The number of hydrogen-bond donors (Lipinski definition) is 0. The third-order valence-corrected chi connectivity index (χ3v) is 6.93. The molecule has 0 radical (unpaired) electrons. The summed E-state index contributed by atoms with van der Waals surface area (Å²) in [6.07, 6.45) is 8.83. The maximum absolute atomic E-state index is 6.00. The lowest BCUT2D eigenvalue weighted by atomic mass is 9.76. The maximum atomic E-state index is 6.00. The zero-order valence-corrected chi connectivity index (χ0v) is 22.0. The number of aromatic nitrogens is 2. The second-order valence-corrected chi connectivity index (χ2v) is 9.50. The van der Waals surface area contributed by atoms with Crippen molar-refractivity contribution in [3.05, 3.63) is 114 Å². The molecule has 0 saturated carbocycles. The monoisotopic (exact) mass is 482 g/mol. The molecule has 5 heteroatoms. The van der Waals surface area contributed by atoms with Gasteiger partial charge >= 0.3 is 0 Å². The van der Waals surface area contributed by atoms with Gasteiger partial charge in [0, 0.05) is 44.3 Å². The summed E-state index contributed by atoms with van der Waals surface area (Å²) in [6, 6.07) is 28.3. The smallest absolute Gasteiger partial charge is 0.124 e. The largest absolute Gasteiger partial charge is 0.496 e. The quantitative estimate of drug-likeness (QED) is 0.241. The predicted molar refractivity (Wildman–Crippen MR) is 149 cm³/mol. The molecule has 0 fully saturated rings. The van der Waals surface area contributed by atoms with Crippen LogP contribution in [0.5, 0.6) is 5.75 Å². The minimum atomic E-state index is -0.451. The van der Waals surface area contributed by atoms with Gasteiger partial charge < -0.3 is 14.2 Å². The first-order valence-corrected chi connectivity index (χ1v) is 12.7. The minimum Gasteiger partial charge on any atom is -0.496 e. The van der Waals surface area contributed by atoms with Crippen molar-refractivity contribution < 1.29 is 4.74 Å². The first-order chi connectivity index (χ1) is 17.6. The van der Waals surface area contributed by atoms with Crippen LogP contribution in [0.1, 0.15) is 36.5 Å². The van der Waals surface area contributed by atoms with Crippen molar-refractivity contribution in [2.24, 2.45) is 0 Å². The van der Waals surface area contributed by atoms with E-state index < -0.39 is 5.54 Å². The van der Waals surface area contributed by atoms with Crippen molar-refractivity contribution in [2.45, 2.75) is 38.4 Å². The summed E-state index contributed by atoms with van der Waals surface area (Å²) < 4.78 is 8.16. The molecule has 1 aromatic heterocycles. The average molecular weight is 483 g/mol. The fraction of sp³-hybridized carbons (Fsp3) is 0.323. The van der Waals surface area contributed by atoms with Crippen molar-refractivity contribution in [1.82, 2.24) is 14.5 Å². The van der Waals surface area contributed by atoms with E-state index in [0.717, 1.165) is 38.2 Å². The summed E-state index contributed by atoms with van der Waals surface area (Å²) in [7, 11) is 5.93. The number of imidazole rings is 1. The number of ether oxygens (including phenoxy) is 1. The molecule has 36 heavy (non-hydrogen) atoms. The van der Waals surface area contributed by atoms with Gasteiger partial charge in [-0.1, -0.05) is 74.0 Å². The summed E-state index contributed by atoms with van der Waals surface area (Å²) in [5.74, 6) is 0.901. The lowest BCUT2D eigenvalue weighted by molar-refractivity contribution is 0.0792. The van der Waals surface area contributed by atoms with Crippen molar-refractivity contribution in [3.63, 3.8) is 0 Å². The van der Waals surface area contributed by atoms with Crippen molar-refractivity contribution in [2.75, 3.05) is 32.6 Å². The van der Waals surface area contributed by atoms with Crippen molar-refractivity contribution in [1.29, 1.82) is 0 Å². The molecule has 0 spiro atoms. The van der Waals surface area contributed by atoms with Gasteiger partial charge in [0.1, 0.15) is 5.75 Å². The van der Waals surface area contributed by atoms with Gasteiger partial charge in [0.2, 0.25) is 0 Å². The fourth-order valence-electron chi connectivity index (χ4n) is 5.02. The van der Waals surface area contributed by atoms with Gasteiger partial charge in [-0.25, -0.2) is 4.98 Å². The van der Waals surface area contributed by atoms with Gasteiger partial charge in [-0.15, -0.1) is 0 Å². The number of hydrogen-bond acceptors (Lipinski definition) is 4. The molecule has 0 aliphatic rings. The third kappa shape index (κ3) is 5.47. The van der Waals surface area contributed by atoms with E-state index in [-0.39, 0.29) is 0 Å². The second-order valence-electron chi connectivity index (χ2n) is 9.50. The predicted octanol–water partition coefficient (Wildman–Crippen LogP) is 6.20. The molecule has 0 bridgehead atoms. The Bertz CT molecular complexity index is 1190. The molecule has 0 aliphatic heterocycles. The average Bonchev–Trinajstić information content (AvgIpc) is 3.44. The number of nitrogens with zero attached hydrogens (tertiary/aromatic N) is 4. The number of benzene rings is 3. The van der Waals surface area contributed by atoms with Gasteiger partial charge in [-0.2, -0.15) is 0 Å². The molecule has 1 unspecified atom stereocenters. The van der Waals surface area contributed by atoms with Crippen molar-refractivity contribution in [3.8, 4) is 5.75 Å². The van der Waals surface area contributed by atoms with E-state index in [9.17, 15) is 0 Å². The number of anilines is 1. The van der Waals surface area contributed by atoms with E-state index in [0.29, 0.717) is 0 Å². The third-order valence-electron chi connectivity index (χ3n) is 6.93. The second kappa shape index (κ2) is 11.9. The molecule has 0 saturated heterocycles. The van der Waals surface area contributed by atoms with Crippen LogP contribution in [0.4, 0.5) is 5.69 Å². The Morgan fingerprint density at radius 1 is 0.917 bits per heavy atom. The van der Waals surface area contributed by atoms with E-state index in [1.807, 2.05) is 18.7 Å². The normalized spacial score (nSPS) is 12.9. The van der Waals surface area contributed by atoms with Crippen LogP contribution in [0.15, 0.2) is 97.6 Å². The Hall–Kier alpha value is -3.57. The van der Waals surface area contributed by atoms with Crippen LogP contribution in [0.2, 0.25) is 0 Å². The Labute approximate surface area is 216 Å². The first-order valence-electron chi connectivity index (χ1n) is 12.7. The van der Waals surface area contributed by atoms with E-state index in [1.165, 1.54) is 22.4 Å². The standard InChI is InChI=1S/C31H38N4O/c1-5-6-21-35(25-34-22-20-32-24-34)31(27-12-8-7-9-13-27,29-14-10-11-15-30(29)36-4)23-26-16-18-28(19-17-26)33(2)3/h7-20,22,24H,5-6,21,23,25H2,1-4H3. The Morgan fingerprint density at radius 3 is 2.28 bits per heavy atom. The van der Waals surface area contributed by atoms with Gasteiger partial charge in [0.25, 0.3) is 0 Å². The van der Waals surface area contributed by atoms with Crippen LogP contribution in [-0.4, -0.2) is 42.2 Å². The molecule has 0 N–H and O–H groups in total. The van der Waals surface area contributed by atoms with Gasteiger partial charge in [-0.05, 0) is 42.2 Å². The molecule has 0 aliphatic carbocycles. The minimum absolute atomic E-state index is 0.451. The van der Waals surface area contributed by atoms with E-state index in [1.54, 1.807) is 7.11 Å². The van der Waals surface area contributed by atoms with Crippen LogP contribution < -0.4 is 9.64 Å². The first kappa shape index (κ1) is 25.5. The van der Waals surface area contributed by atoms with Crippen LogP contribution in [0.3, 0.4) is 0 Å². The van der Waals surface area contributed by atoms with Crippen LogP contribution in [0, 0.1) is 0 Å². The zero-order valence-electron chi connectivity index (χ0n) is 22.0. The molecular weight excluding hydrogens is 444 g/mol. The molecule has 4 rings (SSSR count). The van der Waals surface area contributed by atoms with Crippen molar-refractivity contribution >= 4 is 5.69 Å². The highest BCUT2D eigenvalue weighted by Crippen LogP contribution is 2.44. The molecular formula is C31H38N4O. The van der Waals surface area contributed by atoms with Crippen LogP contribution >= 0.6 is 0 Å². The zero-order chi connectivity index (χ0) is 25.4. The Kier molecular flexibility index (Phi) is 8.44. The maximum Gasteiger partial charge on any atom is 0.124 e. The van der Waals surface area contributed by atoms with E-state index in [2.05, 4.69) is 119 Å². The summed E-state index contributed by atoms with van der Waals surface area (Å²) in [5, 5.41) is 0. The van der Waals surface area contributed by atoms with E-state index >= 15 is 0 Å². The molecule has 5 nitrogen and oxygen atoms in total. The Morgan fingerprint density at radius 2 is 1.64 bits per heavy atom. The highest BCUT2D eigenvalue weighted by atomic mass is 16.5. The number of para-hydroxylation sites is 1. The van der Waals surface area contributed by atoms with Gasteiger partial charge in [-0.3, -0.25) is 4.90 Å². The summed E-state index contributed by atoms with van der Waals surface area (Å²) >= 11 is 0. The Balaban J connectivity index is 1.96. The molecule has 3 aromatic carbocycles. The lowest BCUT2D eigenvalue weighted by Crippen LogP contribution is -2.50. The topological polar surface area (TPSA) is 33.5 Å². The summed E-state index contributed by atoms with van der Waals surface area (Å²) in [6.45, 7) is 3.92.